The van der Waals surface area contributed by atoms with E-state index in [-0.39, 0.29) is 0 Å². The Morgan fingerprint density at radius 1 is 0.351 bits per heavy atom. The van der Waals surface area contributed by atoms with Crippen LogP contribution < -0.4 is 0 Å². The molecule has 0 atom stereocenters. The molecule has 0 radical (unpaired) electrons. The molecule has 0 unspecified atom stereocenters. The van der Waals surface area contributed by atoms with Gasteiger partial charge in [-0.05, 0) is 145 Å². The van der Waals surface area contributed by atoms with Crippen molar-refractivity contribution in [2.45, 2.75) is 38.0 Å². The van der Waals surface area contributed by atoms with E-state index >= 15 is 0 Å². The van der Waals surface area contributed by atoms with Crippen LogP contribution in [0.25, 0.3) is 98.4 Å². The molecule has 4 fully saturated rings. The third-order valence-electron chi connectivity index (χ3n) is 14.6. The summed E-state index contributed by atoms with van der Waals surface area (Å²) in [4.78, 5) is 0. The van der Waals surface area contributed by atoms with Crippen molar-refractivity contribution in [2.24, 2.45) is 23.7 Å². The molecule has 0 aliphatic heterocycles. The fraction of sp³-hybridized carbons (Fsp3) is 0.179. The predicted octanol–water partition coefficient (Wildman–Crippen LogP) is 15.7. The van der Waals surface area contributed by atoms with Gasteiger partial charge in [-0.15, -0.1) is 0 Å². The molecular formula is C56H42O. The fourth-order valence-corrected chi connectivity index (χ4v) is 12.7. The van der Waals surface area contributed by atoms with Crippen LogP contribution in [-0.4, -0.2) is 0 Å². The van der Waals surface area contributed by atoms with E-state index < -0.39 is 0 Å². The van der Waals surface area contributed by atoms with Crippen LogP contribution in [-0.2, 0) is 0 Å². The molecule has 272 valence electrons. The predicted molar refractivity (Wildman–Crippen MR) is 240 cm³/mol. The van der Waals surface area contributed by atoms with Crippen molar-refractivity contribution < 1.29 is 4.42 Å². The van der Waals surface area contributed by atoms with Gasteiger partial charge in [-0.2, -0.15) is 0 Å². The summed E-state index contributed by atoms with van der Waals surface area (Å²) in [6, 6.07) is 60.9. The zero-order valence-corrected chi connectivity index (χ0v) is 31.9. The molecule has 4 aliphatic carbocycles. The van der Waals surface area contributed by atoms with Crippen LogP contribution >= 0.6 is 0 Å². The zero-order chi connectivity index (χ0) is 37.2. The second kappa shape index (κ2) is 12.2. The summed E-state index contributed by atoms with van der Waals surface area (Å²) in [7, 11) is 0. The van der Waals surface area contributed by atoms with Gasteiger partial charge in [-0.25, -0.2) is 0 Å². The summed E-state index contributed by atoms with van der Waals surface area (Å²) < 4.78 is 7.12. The van der Waals surface area contributed by atoms with Crippen molar-refractivity contribution in [2.75, 3.05) is 0 Å². The fourth-order valence-electron chi connectivity index (χ4n) is 12.7. The molecule has 1 heterocycles. The van der Waals surface area contributed by atoms with E-state index in [9.17, 15) is 0 Å². The van der Waals surface area contributed by atoms with Gasteiger partial charge in [0.2, 0.25) is 0 Å². The van der Waals surface area contributed by atoms with Gasteiger partial charge in [-0.1, -0.05) is 152 Å². The van der Waals surface area contributed by atoms with Crippen LogP contribution in [0, 0.1) is 23.7 Å². The summed E-state index contributed by atoms with van der Waals surface area (Å²) in [6.45, 7) is 0. The monoisotopic (exact) mass is 730 g/mol. The number of furan rings is 1. The number of hydrogen-bond acceptors (Lipinski definition) is 1. The van der Waals surface area contributed by atoms with Gasteiger partial charge in [0.1, 0.15) is 11.2 Å². The SMILES string of the molecule is c1ccc(-c2c3ccccc3c(-c3cccc4c3oc3cc(-c5c6ccccc6c(C6C7CC8CC(C7)CC6C8)c6ccccc56)ccc34)c3ccccc23)cc1. The van der Waals surface area contributed by atoms with Gasteiger partial charge in [0.25, 0.3) is 0 Å². The van der Waals surface area contributed by atoms with Crippen LogP contribution in [0.4, 0.5) is 0 Å². The minimum absolute atomic E-state index is 0.659. The van der Waals surface area contributed by atoms with E-state index in [2.05, 4.69) is 164 Å². The van der Waals surface area contributed by atoms with Gasteiger partial charge in [0.15, 0.2) is 0 Å². The van der Waals surface area contributed by atoms with Crippen LogP contribution in [0.15, 0.2) is 168 Å². The molecule has 0 amide bonds. The number of para-hydroxylation sites is 1. The number of benzene rings is 9. The number of rotatable bonds is 4. The topological polar surface area (TPSA) is 13.1 Å². The molecule has 9 aromatic carbocycles. The Kier molecular flexibility index (Phi) is 6.82. The van der Waals surface area contributed by atoms with Crippen molar-refractivity contribution in [1.29, 1.82) is 0 Å². The minimum atomic E-state index is 0.659. The highest BCUT2D eigenvalue weighted by Gasteiger charge is 2.49. The van der Waals surface area contributed by atoms with Crippen molar-refractivity contribution in [3.63, 3.8) is 0 Å². The summed E-state index contributed by atoms with van der Waals surface area (Å²) >= 11 is 0. The van der Waals surface area contributed by atoms with Crippen LogP contribution in [0.3, 0.4) is 0 Å². The van der Waals surface area contributed by atoms with E-state index in [1.165, 1.54) is 103 Å². The second-order valence-corrected chi connectivity index (χ2v) is 17.5. The molecule has 4 saturated carbocycles. The first-order valence-electron chi connectivity index (χ1n) is 21.1. The lowest BCUT2D eigenvalue weighted by molar-refractivity contribution is -0.00185. The van der Waals surface area contributed by atoms with E-state index in [0.717, 1.165) is 51.2 Å². The molecule has 0 saturated heterocycles. The Hall–Kier alpha value is -6.18. The Bertz CT molecular complexity index is 3110. The molecule has 1 nitrogen and oxygen atoms in total. The highest BCUT2D eigenvalue weighted by atomic mass is 16.3. The number of hydrogen-bond donors (Lipinski definition) is 0. The second-order valence-electron chi connectivity index (χ2n) is 17.5. The maximum absolute atomic E-state index is 7.12. The first kappa shape index (κ1) is 32.0. The highest BCUT2D eigenvalue weighted by molar-refractivity contribution is 6.24. The first-order valence-corrected chi connectivity index (χ1v) is 21.1. The average molecular weight is 731 g/mol. The first-order chi connectivity index (χ1) is 28.3. The molecule has 10 aromatic rings. The summed E-state index contributed by atoms with van der Waals surface area (Å²) in [5.41, 5.74) is 10.9. The summed E-state index contributed by atoms with van der Waals surface area (Å²) in [6.07, 6.45) is 7.19. The maximum atomic E-state index is 7.12. The Morgan fingerprint density at radius 2 is 0.825 bits per heavy atom. The standard InChI is InChI=1S/C56H42O/c1-2-13-35(14-3-1)52-40-15-4-8-19-44(40)54(45-20-9-5-16-41(45)52)49-24-12-23-48-39-26-25-36(32-50(39)57-56(48)49)53-42-17-6-10-21-46(42)55(47-22-11-7-18-43(47)53)51-37-28-33-27-34(30-37)31-38(51)29-33/h1-26,32-34,37-38,51H,27-31H2. The smallest absolute Gasteiger partial charge is 0.143 e. The molecule has 0 spiro atoms. The van der Waals surface area contributed by atoms with Gasteiger partial charge in [0, 0.05) is 21.9 Å². The average Bonchev–Trinajstić information content (AvgIpc) is 3.63. The van der Waals surface area contributed by atoms with Gasteiger partial charge in [0.05, 0.1) is 0 Å². The third kappa shape index (κ3) is 4.63. The summed E-state index contributed by atoms with van der Waals surface area (Å²) in [5.74, 6) is 4.23. The molecule has 4 aliphatic rings. The molecule has 1 aromatic heterocycles. The summed E-state index contributed by atoms with van der Waals surface area (Å²) in [5, 5.41) is 12.9. The normalized spacial score (nSPS) is 21.5. The highest BCUT2D eigenvalue weighted by Crippen LogP contribution is 2.62. The lowest BCUT2D eigenvalue weighted by Gasteiger charge is -2.55. The minimum Gasteiger partial charge on any atom is -0.455 e. The molecule has 14 rings (SSSR count). The Morgan fingerprint density at radius 3 is 1.40 bits per heavy atom. The van der Waals surface area contributed by atoms with Crippen molar-refractivity contribution in [1.82, 2.24) is 0 Å². The zero-order valence-electron chi connectivity index (χ0n) is 31.9. The quantitative estimate of drug-likeness (QED) is 0.164. The third-order valence-corrected chi connectivity index (χ3v) is 14.6. The van der Waals surface area contributed by atoms with E-state index in [4.69, 9.17) is 4.42 Å². The lowest BCUT2D eigenvalue weighted by Crippen LogP contribution is -2.43. The molecule has 1 heteroatoms. The lowest BCUT2D eigenvalue weighted by atomic mass is 9.50. The Balaban J connectivity index is 1.03. The van der Waals surface area contributed by atoms with Crippen LogP contribution in [0.2, 0.25) is 0 Å². The van der Waals surface area contributed by atoms with Crippen LogP contribution in [0.1, 0.15) is 43.6 Å². The van der Waals surface area contributed by atoms with Gasteiger partial charge in [-0.3, -0.25) is 0 Å². The maximum Gasteiger partial charge on any atom is 0.143 e. The van der Waals surface area contributed by atoms with E-state index in [0.29, 0.717) is 5.92 Å². The van der Waals surface area contributed by atoms with Crippen molar-refractivity contribution >= 4 is 65.0 Å². The van der Waals surface area contributed by atoms with E-state index in [1.807, 2.05) is 0 Å². The number of fused-ring (bicyclic) bond motifs is 7. The molecule has 0 N–H and O–H groups in total. The molecule has 4 bridgehead atoms. The van der Waals surface area contributed by atoms with Gasteiger partial charge < -0.3 is 4.42 Å². The van der Waals surface area contributed by atoms with Crippen LogP contribution in [0.5, 0.6) is 0 Å². The van der Waals surface area contributed by atoms with E-state index in [1.54, 1.807) is 5.56 Å². The molecule has 57 heavy (non-hydrogen) atoms. The van der Waals surface area contributed by atoms with Crippen molar-refractivity contribution in [3.05, 3.63) is 169 Å². The molecular weight excluding hydrogens is 689 g/mol. The largest absolute Gasteiger partial charge is 0.455 e. The Labute approximate surface area is 332 Å². The van der Waals surface area contributed by atoms with Gasteiger partial charge >= 0.3 is 0 Å². The van der Waals surface area contributed by atoms with Crippen molar-refractivity contribution in [3.8, 4) is 33.4 Å².